The van der Waals surface area contributed by atoms with Crippen molar-refractivity contribution < 1.29 is 9.90 Å². The van der Waals surface area contributed by atoms with E-state index in [1.54, 1.807) is 12.1 Å². The van der Waals surface area contributed by atoms with Crippen molar-refractivity contribution >= 4 is 28.6 Å². The summed E-state index contributed by atoms with van der Waals surface area (Å²) >= 11 is 2.15. The molecular formula is C9H10INO2. The molecule has 13 heavy (non-hydrogen) atoms. The fraction of sp³-hybridized carbons (Fsp3) is 0.222. The summed E-state index contributed by atoms with van der Waals surface area (Å²) < 4.78 is 1.06. The molecule has 0 amide bonds. The maximum absolute atomic E-state index is 10.8. The lowest BCUT2D eigenvalue weighted by atomic mass is 9.94. The highest BCUT2D eigenvalue weighted by molar-refractivity contribution is 14.1. The van der Waals surface area contributed by atoms with Gasteiger partial charge >= 0.3 is 5.97 Å². The number of carboxylic acids is 1. The first kappa shape index (κ1) is 10.5. The minimum atomic E-state index is -1.30. The van der Waals surface area contributed by atoms with Crippen LogP contribution in [0.15, 0.2) is 24.3 Å². The van der Waals surface area contributed by atoms with Crippen LogP contribution < -0.4 is 5.73 Å². The van der Waals surface area contributed by atoms with Crippen molar-refractivity contribution in [3.05, 3.63) is 33.4 Å². The minimum Gasteiger partial charge on any atom is -0.480 e. The molecule has 0 radical (unpaired) electrons. The van der Waals surface area contributed by atoms with E-state index >= 15 is 0 Å². The Labute approximate surface area is 90.1 Å². The lowest BCUT2D eigenvalue weighted by Gasteiger charge is -2.19. The average molecular weight is 291 g/mol. The van der Waals surface area contributed by atoms with Gasteiger partial charge in [0, 0.05) is 3.57 Å². The van der Waals surface area contributed by atoms with Gasteiger partial charge in [-0.05, 0) is 47.2 Å². The molecule has 0 aliphatic carbocycles. The molecule has 70 valence electrons. The second-order valence-electron chi connectivity index (χ2n) is 3.01. The molecule has 4 heteroatoms. The molecule has 0 fully saturated rings. The third-order valence-electron chi connectivity index (χ3n) is 1.89. The molecule has 1 atom stereocenters. The van der Waals surface area contributed by atoms with Gasteiger partial charge in [-0.1, -0.05) is 12.1 Å². The second kappa shape index (κ2) is 3.63. The molecule has 3 N–H and O–H groups in total. The third kappa shape index (κ3) is 2.19. The van der Waals surface area contributed by atoms with Gasteiger partial charge in [0.25, 0.3) is 0 Å². The topological polar surface area (TPSA) is 63.3 Å². The Morgan fingerprint density at radius 3 is 2.31 bits per heavy atom. The number of carboxylic acid groups (broad SMARTS) is 1. The van der Waals surface area contributed by atoms with E-state index in [9.17, 15) is 4.79 Å². The molecule has 3 nitrogen and oxygen atoms in total. The van der Waals surface area contributed by atoms with E-state index in [1.165, 1.54) is 6.92 Å². The van der Waals surface area contributed by atoms with Gasteiger partial charge in [0.1, 0.15) is 5.54 Å². The lowest BCUT2D eigenvalue weighted by molar-refractivity contribution is -0.143. The van der Waals surface area contributed by atoms with Crippen molar-refractivity contribution in [1.29, 1.82) is 0 Å². The molecule has 0 heterocycles. The van der Waals surface area contributed by atoms with Gasteiger partial charge in [-0.3, -0.25) is 0 Å². The number of nitrogens with two attached hydrogens (primary N) is 1. The standard InChI is InChI=1S/C9H10INO2/c1-9(11,8(12)13)6-2-4-7(10)5-3-6/h2-5H,11H2,1H3,(H,12,13). The van der Waals surface area contributed by atoms with Crippen molar-refractivity contribution in [3.8, 4) is 0 Å². The zero-order valence-corrected chi connectivity index (χ0v) is 9.28. The maximum atomic E-state index is 10.8. The van der Waals surface area contributed by atoms with Crippen LogP contribution in [-0.2, 0) is 10.3 Å². The summed E-state index contributed by atoms with van der Waals surface area (Å²) in [6.07, 6.45) is 0. The number of carbonyl (C=O) groups is 1. The molecule has 0 aliphatic rings. The van der Waals surface area contributed by atoms with Crippen LogP contribution in [0.4, 0.5) is 0 Å². The van der Waals surface area contributed by atoms with Crippen molar-refractivity contribution in [2.75, 3.05) is 0 Å². The van der Waals surface area contributed by atoms with Crippen LogP contribution >= 0.6 is 22.6 Å². The van der Waals surface area contributed by atoms with Crippen LogP contribution in [0.3, 0.4) is 0 Å². The summed E-state index contributed by atoms with van der Waals surface area (Å²) in [6.45, 7) is 1.48. The highest BCUT2D eigenvalue weighted by Crippen LogP contribution is 2.18. The summed E-state index contributed by atoms with van der Waals surface area (Å²) in [5.74, 6) is -1.02. The smallest absolute Gasteiger partial charge is 0.328 e. The summed E-state index contributed by atoms with van der Waals surface area (Å²) in [7, 11) is 0. The summed E-state index contributed by atoms with van der Waals surface area (Å²) in [5.41, 5.74) is 4.94. The van der Waals surface area contributed by atoms with Crippen molar-refractivity contribution in [2.45, 2.75) is 12.5 Å². The van der Waals surface area contributed by atoms with Crippen LogP contribution in [0.1, 0.15) is 12.5 Å². The highest BCUT2D eigenvalue weighted by Gasteiger charge is 2.29. The van der Waals surface area contributed by atoms with E-state index < -0.39 is 11.5 Å². The lowest BCUT2D eigenvalue weighted by Crippen LogP contribution is -2.41. The molecule has 1 aromatic rings. The third-order valence-corrected chi connectivity index (χ3v) is 2.61. The van der Waals surface area contributed by atoms with Crippen LogP contribution in [0, 0.1) is 3.57 Å². The Morgan fingerprint density at radius 1 is 1.46 bits per heavy atom. The molecule has 0 saturated carbocycles. The van der Waals surface area contributed by atoms with Gasteiger partial charge in [-0.25, -0.2) is 4.79 Å². The largest absolute Gasteiger partial charge is 0.480 e. The Kier molecular flexibility index (Phi) is 2.92. The van der Waals surface area contributed by atoms with Crippen molar-refractivity contribution in [3.63, 3.8) is 0 Å². The molecule has 0 aromatic heterocycles. The van der Waals surface area contributed by atoms with E-state index in [4.69, 9.17) is 10.8 Å². The first-order valence-electron chi connectivity index (χ1n) is 3.73. The Hall–Kier alpha value is -0.620. The summed E-state index contributed by atoms with van der Waals surface area (Å²) in [4.78, 5) is 10.8. The molecule has 1 aromatic carbocycles. The molecule has 0 aliphatic heterocycles. The number of hydrogen-bond acceptors (Lipinski definition) is 2. The van der Waals surface area contributed by atoms with Gasteiger partial charge in [-0.15, -0.1) is 0 Å². The zero-order valence-electron chi connectivity index (χ0n) is 7.12. The van der Waals surface area contributed by atoms with E-state index in [2.05, 4.69) is 22.6 Å². The number of halogens is 1. The first-order chi connectivity index (χ1) is 5.94. The van der Waals surface area contributed by atoms with Crippen LogP contribution in [0.5, 0.6) is 0 Å². The zero-order chi connectivity index (χ0) is 10.1. The van der Waals surface area contributed by atoms with E-state index in [0.717, 1.165) is 3.57 Å². The first-order valence-corrected chi connectivity index (χ1v) is 4.81. The van der Waals surface area contributed by atoms with Gasteiger partial charge in [0.05, 0.1) is 0 Å². The Bertz CT molecular complexity index is 319. The SMILES string of the molecule is CC(N)(C(=O)O)c1ccc(I)cc1. The predicted octanol–water partition coefficient (Wildman–Crippen LogP) is 1.55. The molecule has 0 saturated heterocycles. The van der Waals surface area contributed by atoms with Crippen molar-refractivity contribution in [2.24, 2.45) is 5.73 Å². The van der Waals surface area contributed by atoms with Crippen molar-refractivity contribution in [1.82, 2.24) is 0 Å². The molecule has 1 unspecified atom stereocenters. The van der Waals surface area contributed by atoms with Crippen LogP contribution in [0.25, 0.3) is 0 Å². The van der Waals surface area contributed by atoms with Gasteiger partial charge in [-0.2, -0.15) is 0 Å². The minimum absolute atomic E-state index is 0.611. The fourth-order valence-corrected chi connectivity index (χ4v) is 1.28. The molecule has 0 spiro atoms. The highest BCUT2D eigenvalue weighted by atomic mass is 127. The monoisotopic (exact) mass is 291 g/mol. The van der Waals surface area contributed by atoms with Crippen LogP contribution in [-0.4, -0.2) is 11.1 Å². The molecule has 0 bridgehead atoms. The Morgan fingerprint density at radius 2 is 1.92 bits per heavy atom. The number of benzene rings is 1. The summed E-state index contributed by atoms with van der Waals surface area (Å²) in [5, 5.41) is 8.84. The van der Waals surface area contributed by atoms with E-state index in [-0.39, 0.29) is 0 Å². The average Bonchev–Trinajstić information content (AvgIpc) is 2.04. The summed E-state index contributed by atoms with van der Waals surface area (Å²) in [6, 6.07) is 7.14. The maximum Gasteiger partial charge on any atom is 0.328 e. The second-order valence-corrected chi connectivity index (χ2v) is 4.26. The quantitative estimate of drug-likeness (QED) is 0.813. The fourth-order valence-electron chi connectivity index (χ4n) is 0.920. The predicted molar refractivity (Wildman–Crippen MR) is 58.3 cm³/mol. The Balaban J connectivity index is 3.08. The molecule has 1 rings (SSSR count). The number of rotatable bonds is 2. The van der Waals surface area contributed by atoms with E-state index in [1.807, 2.05) is 12.1 Å². The number of hydrogen-bond donors (Lipinski definition) is 2. The molecular weight excluding hydrogens is 281 g/mol. The van der Waals surface area contributed by atoms with Crippen LogP contribution in [0.2, 0.25) is 0 Å². The number of aliphatic carboxylic acids is 1. The van der Waals surface area contributed by atoms with E-state index in [0.29, 0.717) is 5.56 Å². The van der Waals surface area contributed by atoms with Gasteiger partial charge < -0.3 is 10.8 Å². The van der Waals surface area contributed by atoms with Gasteiger partial charge in [0.15, 0.2) is 0 Å². The normalized spacial score (nSPS) is 15.0. The van der Waals surface area contributed by atoms with Gasteiger partial charge in [0.2, 0.25) is 0 Å².